The van der Waals surface area contributed by atoms with E-state index in [0.717, 1.165) is 4.47 Å². The Morgan fingerprint density at radius 2 is 1.93 bits per heavy atom. The molecule has 15 heavy (non-hydrogen) atoms. The molecule has 0 aliphatic rings. The van der Waals surface area contributed by atoms with E-state index in [1.807, 2.05) is 36.7 Å². The molecule has 2 N–H and O–H groups in total. The van der Waals surface area contributed by atoms with Crippen LogP contribution in [0.15, 0.2) is 53.3 Å². The summed E-state index contributed by atoms with van der Waals surface area (Å²) in [6, 6.07) is 12.5. The van der Waals surface area contributed by atoms with Crippen molar-refractivity contribution in [3.8, 4) is 0 Å². The molecular weight excluding hydrogens is 252 g/mol. The van der Waals surface area contributed by atoms with Crippen LogP contribution in [-0.2, 0) is 0 Å². The Morgan fingerprint density at radius 3 is 2.53 bits per heavy atom. The van der Waals surface area contributed by atoms with Crippen LogP contribution in [0.3, 0.4) is 0 Å². The van der Waals surface area contributed by atoms with E-state index >= 15 is 0 Å². The van der Waals surface area contributed by atoms with Gasteiger partial charge in [0.25, 0.3) is 0 Å². The van der Waals surface area contributed by atoms with Gasteiger partial charge in [-0.3, -0.25) is 0 Å². The fraction of sp³-hybridized carbons (Fsp3) is 0.167. The Hall–Kier alpha value is -1.06. The number of nitrogens with two attached hydrogens (primary N) is 1. The number of halogens is 1. The lowest BCUT2D eigenvalue weighted by atomic mass is 10.1. The first-order valence-electron chi connectivity index (χ1n) is 4.89. The SMILES string of the molecule is NCC(c1cccc(Br)c1)n1cccc1. The van der Waals surface area contributed by atoms with Crippen LogP contribution < -0.4 is 5.73 Å². The Kier molecular flexibility index (Phi) is 3.23. The zero-order valence-corrected chi connectivity index (χ0v) is 9.89. The number of rotatable bonds is 3. The molecule has 0 aliphatic heterocycles. The van der Waals surface area contributed by atoms with Crippen molar-refractivity contribution in [2.75, 3.05) is 6.54 Å². The zero-order chi connectivity index (χ0) is 10.7. The molecule has 0 spiro atoms. The van der Waals surface area contributed by atoms with E-state index < -0.39 is 0 Å². The van der Waals surface area contributed by atoms with E-state index in [-0.39, 0.29) is 6.04 Å². The molecular formula is C12H13BrN2. The van der Waals surface area contributed by atoms with Crippen LogP contribution in [-0.4, -0.2) is 11.1 Å². The van der Waals surface area contributed by atoms with Crippen LogP contribution >= 0.6 is 15.9 Å². The summed E-state index contributed by atoms with van der Waals surface area (Å²) in [7, 11) is 0. The molecule has 0 amide bonds. The Morgan fingerprint density at radius 1 is 1.20 bits per heavy atom. The summed E-state index contributed by atoms with van der Waals surface area (Å²) in [6.45, 7) is 0.602. The van der Waals surface area contributed by atoms with Gasteiger partial charge in [-0.15, -0.1) is 0 Å². The third-order valence-electron chi connectivity index (χ3n) is 2.44. The van der Waals surface area contributed by atoms with Gasteiger partial charge in [0, 0.05) is 23.4 Å². The first kappa shape index (κ1) is 10.5. The highest BCUT2D eigenvalue weighted by Crippen LogP contribution is 2.20. The van der Waals surface area contributed by atoms with Gasteiger partial charge < -0.3 is 10.3 Å². The molecule has 1 unspecified atom stereocenters. The summed E-state index contributed by atoms with van der Waals surface area (Å²) in [6.07, 6.45) is 4.08. The van der Waals surface area contributed by atoms with Gasteiger partial charge in [-0.25, -0.2) is 0 Å². The average Bonchev–Trinajstić information content (AvgIpc) is 2.72. The van der Waals surface area contributed by atoms with Crippen molar-refractivity contribution >= 4 is 15.9 Å². The lowest BCUT2D eigenvalue weighted by molar-refractivity contribution is 0.597. The van der Waals surface area contributed by atoms with Crippen molar-refractivity contribution in [1.82, 2.24) is 4.57 Å². The quantitative estimate of drug-likeness (QED) is 0.908. The van der Waals surface area contributed by atoms with Crippen LogP contribution in [0.1, 0.15) is 11.6 Å². The van der Waals surface area contributed by atoms with Gasteiger partial charge in [0.1, 0.15) is 0 Å². The molecule has 0 fully saturated rings. The summed E-state index contributed by atoms with van der Waals surface area (Å²) in [4.78, 5) is 0. The molecule has 2 rings (SSSR count). The van der Waals surface area contributed by atoms with E-state index in [1.165, 1.54) is 5.56 Å². The fourth-order valence-electron chi connectivity index (χ4n) is 1.70. The molecule has 3 heteroatoms. The second-order valence-corrected chi connectivity index (χ2v) is 4.35. The molecule has 2 aromatic rings. The van der Waals surface area contributed by atoms with E-state index in [9.17, 15) is 0 Å². The highest BCUT2D eigenvalue weighted by molar-refractivity contribution is 9.10. The van der Waals surface area contributed by atoms with E-state index in [2.05, 4.69) is 32.6 Å². The molecule has 0 bridgehead atoms. The maximum absolute atomic E-state index is 5.81. The largest absolute Gasteiger partial charge is 0.346 e. The van der Waals surface area contributed by atoms with Gasteiger partial charge in [0.05, 0.1) is 6.04 Å². The van der Waals surface area contributed by atoms with Crippen LogP contribution in [0.5, 0.6) is 0 Å². The number of nitrogens with zero attached hydrogens (tertiary/aromatic N) is 1. The van der Waals surface area contributed by atoms with Gasteiger partial charge in [-0.1, -0.05) is 28.1 Å². The van der Waals surface area contributed by atoms with Crippen molar-refractivity contribution in [2.24, 2.45) is 5.73 Å². The first-order valence-corrected chi connectivity index (χ1v) is 5.68. The van der Waals surface area contributed by atoms with Crippen molar-refractivity contribution in [2.45, 2.75) is 6.04 Å². The highest BCUT2D eigenvalue weighted by Gasteiger charge is 2.10. The zero-order valence-electron chi connectivity index (χ0n) is 8.31. The third kappa shape index (κ3) is 2.30. The summed E-state index contributed by atoms with van der Waals surface area (Å²) in [5.41, 5.74) is 7.04. The Bertz CT molecular complexity index is 423. The summed E-state index contributed by atoms with van der Waals surface area (Å²) in [5, 5.41) is 0. The molecule has 78 valence electrons. The summed E-state index contributed by atoms with van der Waals surface area (Å²) >= 11 is 3.47. The molecule has 2 nitrogen and oxygen atoms in total. The number of benzene rings is 1. The molecule has 1 aromatic heterocycles. The van der Waals surface area contributed by atoms with Crippen molar-refractivity contribution in [1.29, 1.82) is 0 Å². The minimum Gasteiger partial charge on any atom is -0.346 e. The standard InChI is InChI=1S/C12H13BrN2/c13-11-5-3-4-10(8-11)12(9-14)15-6-1-2-7-15/h1-8,12H,9,14H2. The van der Waals surface area contributed by atoms with Gasteiger partial charge in [-0.2, -0.15) is 0 Å². The van der Waals surface area contributed by atoms with E-state index in [0.29, 0.717) is 6.54 Å². The van der Waals surface area contributed by atoms with Crippen molar-refractivity contribution < 1.29 is 0 Å². The fourth-order valence-corrected chi connectivity index (χ4v) is 2.12. The number of hydrogen-bond donors (Lipinski definition) is 1. The Labute approximate surface area is 97.8 Å². The highest BCUT2D eigenvalue weighted by atomic mass is 79.9. The van der Waals surface area contributed by atoms with Gasteiger partial charge in [0.15, 0.2) is 0 Å². The molecule has 0 aliphatic carbocycles. The topological polar surface area (TPSA) is 30.9 Å². The van der Waals surface area contributed by atoms with Gasteiger partial charge in [0.2, 0.25) is 0 Å². The molecule has 1 heterocycles. The molecule has 1 aromatic carbocycles. The third-order valence-corrected chi connectivity index (χ3v) is 2.94. The lowest BCUT2D eigenvalue weighted by Gasteiger charge is -2.17. The van der Waals surface area contributed by atoms with Crippen LogP contribution in [0, 0.1) is 0 Å². The molecule has 1 atom stereocenters. The van der Waals surface area contributed by atoms with Crippen molar-refractivity contribution in [3.05, 3.63) is 58.8 Å². The van der Waals surface area contributed by atoms with Gasteiger partial charge >= 0.3 is 0 Å². The minimum atomic E-state index is 0.220. The second-order valence-electron chi connectivity index (χ2n) is 3.44. The van der Waals surface area contributed by atoms with E-state index in [4.69, 9.17) is 5.73 Å². The predicted molar refractivity (Wildman–Crippen MR) is 65.8 cm³/mol. The van der Waals surface area contributed by atoms with E-state index in [1.54, 1.807) is 0 Å². The maximum atomic E-state index is 5.81. The lowest BCUT2D eigenvalue weighted by Crippen LogP contribution is -2.19. The number of aromatic nitrogens is 1. The van der Waals surface area contributed by atoms with Gasteiger partial charge in [-0.05, 0) is 29.8 Å². The Balaban J connectivity index is 2.35. The molecule has 0 saturated carbocycles. The maximum Gasteiger partial charge on any atom is 0.0702 e. The monoisotopic (exact) mass is 264 g/mol. The number of hydrogen-bond acceptors (Lipinski definition) is 1. The van der Waals surface area contributed by atoms with Crippen molar-refractivity contribution in [3.63, 3.8) is 0 Å². The normalized spacial score (nSPS) is 12.7. The minimum absolute atomic E-state index is 0.220. The van der Waals surface area contributed by atoms with Crippen LogP contribution in [0.25, 0.3) is 0 Å². The van der Waals surface area contributed by atoms with Crippen LogP contribution in [0.2, 0.25) is 0 Å². The summed E-state index contributed by atoms with van der Waals surface area (Å²) in [5.74, 6) is 0. The smallest absolute Gasteiger partial charge is 0.0702 e. The summed E-state index contributed by atoms with van der Waals surface area (Å²) < 4.78 is 3.22. The first-order chi connectivity index (χ1) is 7.31. The average molecular weight is 265 g/mol. The molecule has 0 saturated heterocycles. The predicted octanol–water partition coefficient (Wildman–Crippen LogP) is 2.80. The van der Waals surface area contributed by atoms with Crippen LogP contribution in [0.4, 0.5) is 0 Å². The second kappa shape index (κ2) is 4.64. The molecule has 0 radical (unpaired) electrons.